The predicted octanol–water partition coefficient (Wildman–Crippen LogP) is 24.1. The first-order chi connectivity index (χ1) is 41.0. The maximum Gasteiger partial charge on any atom is 0.306 e. The molecule has 0 rings (SSSR count). The second kappa shape index (κ2) is 70.0. The fourth-order valence-corrected chi connectivity index (χ4v) is 9.53. The molecule has 0 heterocycles. The van der Waals surface area contributed by atoms with E-state index >= 15 is 0 Å². The van der Waals surface area contributed by atoms with Crippen LogP contribution >= 0.6 is 0 Å². The fraction of sp³-hybridized carbons (Fsp3) is 0.675. The van der Waals surface area contributed by atoms with E-state index in [4.69, 9.17) is 14.2 Å². The van der Waals surface area contributed by atoms with Gasteiger partial charge in [0, 0.05) is 19.3 Å². The molecule has 1 unspecified atom stereocenters. The number of unbranched alkanes of at least 4 members (excludes halogenated alkanes) is 29. The van der Waals surface area contributed by atoms with E-state index in [9.17, 15) is 14.4 Å². The molecule has 0 aliphatic carbocycles. The molecule has 472 valence electrons. The number of carbonyl (C=O) groups excluding carboxylic acids is 3. The van der Waals surface area contributed by atoms with Gasteiger partial charge in [-0.25, -0.2) is 0 Å². The number of ether oxygens (including phenoxy) is 3. The van der Waals surface area contributed by atoms with Crippen molar-refractivity contribution in [1.82, 2.24) is 0 Å². The third-order valence-corrected chi connectivity index (χ3v) is 14.7. The summed E-state index contributed by atoms with van der Waals surface area (Å²) in [6.45, 7) is 6.39. The third kappa shape index (κ3) is 68.2. The van der Waals surface area contributed by atoms with Gasteiger partial charge in [-0.1, -0.05) is 315 Å². The van der Waals surface area contributed by atoms with Crippen LogP contribution in [-0.2, 0) is 28.6 Å². The first-order valence-corrected chi connectivity index (χ1v) is 34.7. The molecular weight excluding hydrogens is 1020 g/mol. The summed E-state index contributed by atoms with van der Waals surface area (Å²) in [7, 11) is 0. The second-order valence-electron chi connectivity index (χ2n) is 22.7. The van der Waals surface area contributed by atoms with Gasteiger partial charge in [-0.15, -0.1) is 0 Å². The third-order valence-electron chi connectivity index (χ3n) is 14.7. The van der Waals surface area contributed by atoms with Crippen LogP contribution in [0.4, 0.5) is 0 Å². The van der Waals surface area contributed by atoms with Crippen LogP contribution in [0, 0.1) is 0 Å². The van der Waals surface area contributed by atoms with Gasteiger partial charge >= 0.3 is 17.9 Å². The van der Waals surface area contributed by atoms with Crippen LogP contribution in [0.15, 0.2) is 134 Å². The molecule has 0 aromatic heterocycles. The van der Waals surface area contributed by atoms with Gasteiger partial charge in [-0.3, -0.25) is 14.4 Å². The van der Waals surface area contributed by atoms with Crippen molar-refractivity contribution in [2.24, 2.45) is 0 Å². The Kier molecular flexibility index (Phi) is 66.3. The minimum absolute atomic E-state index is 0.0793. The van der Waals surface area contributed by atoms with Crippen molar-refractivity contribution in [2.45, 2.75) is 322 Å². The van der Waals surface area contributed by atoms with Crippen molar-refractivity contribution in [3.05, 3.63) is 134 Å². The highest BCUT2D eigenvalue weighted by Crippen LogP contribution is 2.17. The van der Waals surface area contributed by atoms with Gasteiger partial charge in [-0.05, 0) is 116 Å². The van der Waals surface area contributed by atoms with Gasteiger partial charge in [0.05, 0.1) is 0 Å². The first-order valence-electron chi connectivity index (χ1n) is 34.7. The van der Waals surface area contributed by atoms with Crippen molar-refractivity contribution in [3.8, 4) is 0 Å². The lowest BCUT2D eigenvalue weighted by Crippen LogP contribution is -2.30. The van der Waals surface area contributed by atoms with E-state index in [2.05, 4.69) is 154 Å². The van der Waals surface area contributed by atoms with Crippen LogP contribution in [0.2, 0.25) is 0 Å². The summed E-state index contributed by atoms with van der Waals surface area (Å²) < 4.78 is 16.9. The molecule has 0 aliphatic heterocycles. The highest BCUT2D eigenvalue weighted by Gasteiger charge is 2.19. The lowest BCUT2D eigenvalue weighted by Gasteiger charge is -2.18. The Labute approximate surface area is 513 Å². The van der Waals surface area contributed by atoms with Crippen molar-refractivity contribution in [2.75, 3.05) is 13.2 Å². The molecule has 0 aliphatic rings. The second-order valence-corrected chi connectivity index (χ2v) is 22.7. The van der Waals surface area contributed by atoms with Crippen LogP contribution in [0.25, 0.3) is 0 Å². The van der Waals surface area contributed by atoms with Crippen LogP contribution < -0.4 is 0 Å². The van der Waals surface area contributed by atoms with E-state index in [1.165, 1.54) is 148 Å². The summed E-state index contributed by atoms with van der Waals surface area (Å²) in [4.78, 5) is 38.2. The van der Waals surface area contributed by atoms with Crippen molar-refractivity contribution in [3.63, 3.8) is 0 Å². The van der Waals surface area contributed by atoms with Crippen molar-refractivity contribution >= 4 is 17.9 Å². The molecular formula is C77H128O6. The van der Waals surface area contributed by atoms with E-state index in [0.29, 0.717) is 19.3 Å². The smallest absolute Gasteiger partial charge is 0.306 e. The minimum Gasteiger partial charge on any atom is -0.462 e. The lowest BCUT2D eigenvalue weighted by atomic mass is 10.0. The topological polar surface area (TPSA) is 78.9 Å². The normalized spacial score (nSPS) is 13.0. The largest absolute Gasteiger partial charge is 0.462 e. The Morgan fingerprint density at radius 2 is 0.470 bits per heavy atom. The predicted molar refractivity (Wildman–Crippen MR) is 362 cm³/mol. The Balaban J connectivity index is 4.11. The maximum atomic E-state index is 12.9. The average Bonchev–Trinajstić information content (AvgIpc) is 3.50. The maximum absolute atomic E-state index is 12.9. The number of esters is 3. The quantitative estimate of drug-likeness (QED) is 0.0261. The zero-order valence-electron chi connectivity index (χ0n) is 54.2. The molecule has 0 fully saturated rings. The zero-order chi connectivity index (χ0) is 59.9. The van der Waals surface area contributed by atoms with Gasteiger partial charge in [-0.2, -0.15) is 0 Å². The Morgan fingerprint density at radius 1 is 0.253 bits per heavy atom. The summed E-state index contributed by atoms with van der Waals surface area (Å²) in [6.07, 6.45) is 99.3. The molecule has 0 radical (unpaired) electrons. The van der Waals surface area contributed by atoms with E-state index in [1.54, 1.807) is 0 Å². The van der Waals surface area contributed by atoms with Crippen LogP contribution in [0.1, 0.15) is 316 Å². The zero-order valence-corrected chi connectivity index (χ0v) is 54.2. The number of hydrogen-bond acceptors (Lipinski definition) is 6. The number of hydrogen-bond donors (Lipinski definition) is 0. The molecule has 0 saturated heterocycles. The Bertz CT molecular complexity index is 1750. The van der Waals surface area contributed by atoms with Gasteiger partial charge in [0.15, 0.2) is 6.10 Å². The highest BCUT2D eigenvalue weighted by atomic mass is 16.6. The SMILES string of the molecule is CC/C=C\C/C=C\C/C=C\C/C=C\C/C=C\C/C=C\C/C=C\CCCCCCCCCCCCCC(=O)OCC(COC(=O)CCCCCCCCC)OC(=O)CCCCCCCCCCCCCC/C=C\C/C=C\C/C=C\C/C=C\CC. The van der Waals surface area contributed by atoms with Gasteiger partial charge in [0.2, 0.25) is 0 Å². The van der Waals surface area contributed by atoms with E-state index in [1.807, 2.05) is 0 Å². The fourth-order valence-electron chi connectivity index (χ4n) is 9.53. The molecule has 1 atom stereocenters. The highest BCUT2D eigenvalue weighted by molar-refractivity contribution is 5.71. The molecule has 0 N–H and O–H groups in total. The minimum atomic E-state index is -0.781. The van der Waals surface area contributed by atoms with Crippen LogP contribution in [0.5, 0.6) is 0 Å². The number of rotatable bonds is 62. The molecule has 0 aromatic rings. The Morgan fingerprint density at radius 3 is 0.735 bits per heavy atom. The summed E-state index contributed by atoms with van der Waals surface area (Å²) in [5.74, 6) is -0.884. The van der Waals surface area contributed by atoms with E-state index in [-0.39, 0.29) is 31.1 Å². The molecule has 0 saturated carbocycles. The van der Waals surface area contributed by atoms with Gasteiger partial charge in [0.1, 0.15) is 13.2 Å². The van der Waals surface area contributed by atoms with Crippen molar-refractivity contribution < 1.29 is 28.6 Å². The summed E-state index contributed by atoms with van der Waals surface area (Å²) in [5, 5.41) is 0. The molecule has 0 amide bonds. The van der Waals surface area contributed by atoms with Gasteiger partial charge in [0.25, 0.3) is 0 Å². The monoisotopic (exact) mass is 1150 g/mol. The van der Waals surface area contributed by atoms with Crippen LogP contribution in [0.3, 0.4) is 0 Å². The summed E-state index contributed by atoms with van der Waals surface area (Å²) >= 11 is 0. The molecule has 0 bridgehead atoms. The van der Waals surface area contributed by atoms with E-state index in [0.717, 1.165) is 128 Å². The molecule has 6 heteroatoms. The molecule has 6 nitrogen and oxygen atoms in total. The summed E-state index contributed by atoms with van der Waals surface area (Å²) in [5.41, 5.74) is 0. The molecule has 0 spiro atoms. The average molecular weight is 1150 g/mol. The number of carbonyl (C=O) groups is 3. The molecule has 83 heavy (non-hydrogen) atoms. The summed E-state index contributed by atoms with van der Waals surface area (Å²) in [6, 6.07) is 0. The lowest BCUT2D eigenvalue weighted by molar-refractivity contribution is -0.167. The van der Waals surface area contributed by atoms with E-state index < -0.39 is 6.10 Å². The first kappa shape index (κ1) is 78.5. The molecule has 0 aromatic carbocycles. The Hall–Kier alpha value is -4.45. The van der Waals surface area contributed by atoms with Gasteiger partial charge < -0.3 is 14.2 Å². The van der Waals surface area contributed by atoms with Crippen molar-refractivity contribution in [1.29, 1.82) is 0 Å². The van der Waals surface area contributed by atoms with Crippen LogP contribution in [-0.4, -0.2) is 37.2 Å². The number of allylic oxidation sites excluding steroid dienone is 22. The standard InChI is InChI=1S/C77H128O6/c1-4-7-10-13-16-18-20-22-24-26-28-30-32-34-35-36-37-38-39-40-41-43-44-46-48-50-52-54-56-58-61-64-67-70-76(79)82-73-74(72-81-75(78)69-66-63-60-15-12-9-6-3)83-77(80)71-68-65-62-59-57-55-53-51-49-47-45-42-33-31-29-27-25-23-21-19-17-14-11-8-5-2/h7-8,10-11,16-19,22-25,28-31,34-35,37-38,40-41,74H,4-6,9,12-15,20-21,26-27,32-33,36,39,42-73H2,1-3H3/b10-7-,11-8-,18-16-,19-17-,24-22-,25-23-,30-28-,31-29-,35-34-,38-37-,41-40-.